The topological polar surface area (TPSA) is 48.9 Å². The van der Waals surface area contributed by atoms with Gasteiger partial charge < -0.3 is 9.90 Å². The van der Waals surface area contributed by atoms with Crippen molar-refractivity contribution < 1.29 is 14.5 Å². The van der Waals surface area contributed by atoms with Crippen LogP contribution in [0.25, 0.3) is 11.0 Å². The number of carboxylic acid groups (broad SMARTS) is 1. The maximum atomic E-state index is 8.25. The maximum Gasteiger partial charge on any atom is 0.253 e. The highest BCUT2D eigenvalue weighted by Gasteiger charge is 2.13. The molecule has 1 aromatic carbocycles. The Balaban J connectivity index is 0.000000337. The van der Waals surface area contributed by atoms with Gasteiger partial charge in [0.25, 0.3) is 5.82 Å². The second-order valence-corrected chi connectivity index (χ2v) is 3.25. The summed E-state index contributed by atoms with van der Waals surface area (Å²) < 4.78 is 4.41. The van der Waals surface area contributed by atoms with Gasteiger partial charge in [-0.3, -0.25) is 0 Å². The number of carbonyl (C=O) groups excluding carboxylic acids is 1. The van der Waals surface area contributed by atoms with Gasteiger partial charge in [0.2, 0.25) is 0 Å². The van der Waals surface area contributed by atoms with E-state index in [-0.39, 0.29) is 0 Å². The molecule has 0 spiro atoms. The molecule has 0 aliphatic carbocycles. The predicted molar refractivity (Wildman–Crippen MR) is 54.9 cm³/mol. The summed E-state index contributed by atoms with van der Waals surface area (Å²) in [5.74, 6) is 1.27. The van der Waals surface area contributed by atoms with Gasteiger partial charge in [0.05, 0.1) is 14.1 Å². The Morgan fingerprint density at radius 1 is 1.40 bits per heavy atom. The first kappa shape index (κ1) is 11.2. The second-order valence-electron chi connectivity index (χ2n) is 3.25. The van der Waals surface area contributed by atoms with Crippen LogP contribution in [0, 0.1) is 6.92 Å². The lowest BCUT2D eigenvalue weighted by Crippen LogP contribution is -2.30. The molecule has 0 unspecified atom stereocenters. The minimum atomic E-state index is -0.500. The van der Waals surface area contributed by atoms with Crippen LogP contribution in [0.4, 0.5) is 0 Å². The van der Waals surface area contributed by atoms with Crippen molar-refractivity contribution in [3.63, 3.8) is 0 Å². The summed E-state index contributed by atoms with van der Waals surface area (Å²) >= 11 is 0. The normalized spacial score (nSPS) is 9.53. The van der Waals surface area contributed by atoms with Gasteiger partial charge in [0, 0.05) is 13.4 Å². The molecule has 0 fully saturated rings. The lowest BCUT2D eigenvalue weighted by molar-refractivity contribution is -0.652. The van der Waals surface area contributed by atoms with E-state index in [2.05, 4.69) is 54.4 Å². The van der Waals surface area contributed by atoms with E-state index in [9.17, 15) is 0 Å². The fourth-order valence-electron chi connectivity index (χ4n) is 1.61. The standard InChI is InChI=1S/C10H13N2.CH2O2/c1-8-11(2)9-6-4-5-7-10(9)12(8)3;2-1-3/h4-7H,1-3H3;1H,(H,2,3)/q+1;/p-1. The van der Waals surface area contributed by atoms with Crippen LogP contribution in [-0.4, -0.2) is 11.0 Å². The molecule has 0 aliphatic heterocycles. The highest BCUT2D eigenvalue weighted by atomic mass is 16.3. The quantitative estimate of drug-likeness (QED) is 0.438. The van der Waals surface area contributed by atoms with Crippen LogP contribution in [0.5, 0.6) is 0 Å². The number of fused-ring (bicyclic) bond motifs is 1. The van der Waals surface area contributed by atoms with Gasteiger partial charge in [-0.1, -0.05) is 12.1 Å². The number of benzene rings is 1. The number of aromatic nitrogens is 2. The molecule has 4 heteroatoms. The van der Waals surface area contributed by atoms with Crippen molar-refractivity contribution in [2.45, 2.75) is 6.92 Å². The zero-order valence-corrected chi connectivity index (χ0v) is 9.10. The van der Waals surface area contributed by atoms with Gasteiger partial charge in [-0.15, -0.1) is 0 Å². The fraction of sp³-hybridized carbons (Fsp3) is 0.273. The largest absolute Gasteiger partial charge is 0.554 e. The maximum absolute atomic E-state index is 8.25. The highest BCUT2D eigenvalue weighted by Crippen LogP contribution is 2.10. The number of aryl methyl sites for hydroxylation is 2. The lowest BCUT2D eigenvalue weighted by Gasteiger charge is -1.86. The molecule has 1 heterocycles. The Bertz CT molecular complexity index is 436. The summed E-state index contributed by atoms with van der Waals surface area (Å²) in [5, 5.41) is 8.25. The summed E-state index contributed by atoms with van der Waals surface area (Å²) in [6.45, 7) is 1.62. The predicted octanol–water partition coefficient (Wildman–Crippen LogP) is -0.323. The van der Waals surface area contributed by atoms with Crippen molar-refractivity contribution >= 4 is 17.5 Å². The minimum Gasteiger partial charge on any atom is -0.554 e. The van der Waals surface area contributed by atoms with E-state index in [1.54, 1.807) is 0 Å². The van der Waals surface area contributed by atoms with Gasteiger partial charge in [-0.2, -0.15) is 0 Å². The van der Waals surface area contributed by atoms with Crippen LogP contribution in [0.1, 0.15) is 5.82 Å². The molecule has 80 valence electrons. The molecule has 0 saturated heterocycles. The van der Waals surface area contributed by atoms with Crippen molar-refractivity contribution in [1.82, 2.24) is 4.57 Å². The molecule has 0 bridgehead atoms. The van der Waals surface area contributed by atoms with Crippen LogP contribution in [0.3, 0.4) is 0 Å². The smallest absolute Gasteiger partial charge is 0.253 e. The van der Waals surface area contributed by atoms with Crippen LogP contribution >= 0.6 is 0 Å². The Hall–Kier alpha value is -1.84. The number of imidazole rings is 1. The number of hydrogen-bond donors (Lipinski definition) is 0. The molecule has 2 aromatic rings. The van der Waals surface area contributed by atoms with E-state index >= 15 is 0 Å². The molecule has 0 radical (unpaired) electrons. The Kier molecular flexibility index (Phi) is 3.44. The first-order chi connectivity index (χ1) is 7.13. The van der Waals surface area contributed by atoms with Crippen LogP contribution < -0.4 is 9.67 Å². The second kappa shape index (κ2) is 4.59. The van der Waals surface area contributed by atoms with Crippen molar-refractivity contribution in [2.24, 2.45) is 14.1 Å². The lowest BCUT2D eigenvalue weighted by atomic mass is 10.3. The van der Waals surface area contributed by atoms with Gasteiger partial charge >= 0.3 is 0 Å². The molecule has 0 atom stereocenters. The number of carbonyl (C=O) groups is 1. The van der Waals surface area contributed by atoms with E-state index in [1.165, 1.54) is 16.9 Å². The molecule has 1 aromatic heterocycles. The van der Waals surface area contributed by atoms with E-state index in [0.29, 0.717) is 0 Å². The molecule has 4 nitrogen and oxygen atoms in total. The zero-order valence-electron chi connectivity index (χ0n) is 9.10. The van der Waals surface area contributed by atoms with Gasteiger partial charge in [-0.05, 0) is 12.1 Å². The molecule has 0 saturated carbocycles. The third-order valence-electron chi connectivity index (χ3n) is 2.58. The van der Waals surface area contributed by atoms with Crippen LogP contribution in [0.2, 0.25) is 0 Å². The zero-order chi connectivity index (χ0) is 11.4. The number of hydrogen-bond acceptors (Lipinski definition) is 2. The van der Waals surface area contributed by atoms with Crippen molar-refractivity contribution in [3.8, 4) is 0 Å². The molecule has 0 amide bonds. The number of para-hydroxylation sites is 2. The molecule has 15 heavy (non-hydrogen) atoms. The van der Waals surface area contributed by atoms with Crippen LogP contribution in [-0.2, 0) is 18.9 Å². The molecular weight excluding hydrogens is 192 g/mol. The van der Waals surface area contributed by atoms with Gasteiger partial charge in [0.1, 0.15) is 0 Å². The molecular formula is C11H14N2O2. The van der Waals surface area contributed by atoms with E-state index in [1.807, 2.05) is 0 Å². The third-order valence-corrected chi connectivity index (χ3v) is 2.58. The Labute approximate surface area is 88.4 Å². The van der Waals surface area contributed by atoms with E-state index in [4.69, 9.17) is 9.90 Å². The summed E-state index contributed by atoms with van der Waals surface area (Å²) in [5.41, 5.74) is 2.58. The summed E-state index contributed by atoms with van der Waals surface area (Å²) in [4.78, 5) is 8.25. The van der Waals surface area contributed by atoms with Crippen molar-refractivity contribution in [1.29, 1.82) is 0 Å². The minimum absolute atomic E-state index is 0.500. The number of rotatable bonds is 0. The highest BCUT2D eigenvalue weighted by molar-refractivity contribution is 5.71. The summed E-state index contributed by atoms with van der Waals surface area (Å²) in [6, 6.07) is 8.42. The van der Waals surface area contributed by atoms with Gasteiger partial charge in [-0.25, -0.2) is 9.13 Å². The third kappa shape index (κ3) is 1.98. The first-order valence-corrected chi connectivity index (χ1v) is 4.59. The first-order valence-electron chi connectivity index (χ1n) is 4.59. The average Bonchev–Trinajstić information content (AvgIpc) is 2.46. The average molecular weight is 206 g/mol. The van der Waals surface area contributed by atoms with E-state index in [0.717, 1.165) is 0 Å². The monoisotopic (exact) mass is 206 g/mol. The van der Waals surface area contributed by atoms with Crippen molar-refractivity contribution in [2.75, 3.05) is 0 Å². The number of nitrogens with zero attached hydrogens (tertiary/aromatic N) is 2. The molecule has 2 rings (SSSR count). The molecule has 0 aliphatic rings. The van der Waals surface area contributed by atoms with E-state index < -0.39 is 6.47 Å². The Morgan fingerprint density at radius 3 is 2.47 bits per heavy atom. The van der Waals surface area contributed by atoms with Crippen LogP contribution in [0.15, 0.2) is 24.3 Å². The SMILES string of the molecule is Cc1n(C)c2ccccc2[n+]1C.O=C[O-]. The fourth-order valence-corrected chi connectivity index (χ4v) is 1.61. The summed E-state index contributed by atoms with van der Waals surface area (Å²) in [7, 11) is 4.19. The van der Waals surface area contributed by atoms with Gasteiger partial charge in [0.15, 0.2) is 11.0 Å². The summed E-state index contributed by atoms with van der Waals surface area (Å²) in [6.07, 6.45) is 0. The molecule has 0 N–H and O–H groups in total. The Morgan fingerprint density at radius 2 is 1.93 bits per heavy atom. The van der Waals surface area contributed by atoms with Crippen molar-refractivity contribution in [3.05, 3.63) is 30.1 Å².